The van der Waals surface area contributed by atoms with E-state index in [1.165, 1.54) is 72.0 Å². The van der Waals surface area contributed by atoms with Gasteiger partial charge in [0, 0.05) is 22.2 Å². The van der Waals surface area contributed by atoms with Crippen LogP contribution in [-0.4, -0.2) is 0 Å². The van der Waals surface area contributed by atoms with Crippen molar-refractivity contribution in [1.82, 2.24) is 0 Å². The molecule has 1 heteroatoms. The van der Waals surface area contributed by atoms with Crippen LogP contribution >= 0.6 is 0 Å². The van der Waals surface area contributed by atoms with Gasteiger partial charge in [0.2, 0.25) is 0 Å². The molecule has 9 aromatic rings. The maximum absolute atomic E-state index is 2.39. The molecule has 0 fully saturated rings. The first-order valence-corrected chi connectivity index (χ1v) is 19.1. The summed E-state index contributed by atoms with van der Waals surface area (Å²) in [5, 5.41) is 2.43. The number of hydrogen-bond donors (Lipinski definition) is 0. The summed E-state index contributed by atoms with van der Waals surface area (Å²) in [5.74, 6) is 0. The van der Waals surface area contributed by atoms with Crippen molar-refractivity contribution in [3.63, 3.8) is 0 Å². The molecule has 0 spiro atoms. The Morgan fingerprint density at radius 1 is 0.345 bits per heavy atom. The highest BCUT2D eigenvalue weighted by atomic mass is 15.1. The predicted molar refractivity (Wildman–Crippen MR) is 232 cm³/mol. The minimum Gasteiger partial charge on any atom is -0.310 e. The van der Waals surface area contributed by atoms with E-state index in [0.29, 0.717) is 0 Å². The van der Waals surface area contributed by atoms with Crippen LogP contribution in [0.5, 0.6) is 0 Å². The average Bonchev–Trinajstić information content (AvgIpc) is 3.54. The van der Waals surface area contributed by atoms with Gasteiger partial charge in [-0.1, -0.05) is 188 Å². The summed E-state index contributed by atoms with van der Waals surface area (Å²) < 4.78 is 0. The second-order valence-electron chi connectivity index (χ2n) is 14.6. The molecule has 0 saturated heterocycles. The Hall–Kier alpha value is -6.96. The first-order valence-electron chi connectivity index (χ1n) is 19.1. The van der Waals surface area contributed by atoms with E-state index >= 15 is 0 Å². The molecule has 0 amide bonds. The predicted octanol–water partition coefficient (Wildman–Crippen LogP) is 14.6. The Bertz CT molecular complexity index is 2780. The first kappa shape index (κ1) is 32.7. The molecule has 0 aromatic heterocycles. The van der Waals surface area contributed by atoms with Gasteiger partial charge in [0.1, 0.15) is 0 Å². The van der Waals surface area contributed by atoms with Gasteiger partial charge in [-0.15, -0.1) is 0 Å². The molecule has 1 unspecified atom stereocenters. The molecule has 0 aliphatic heterocycles. The van der Waals surface area contributed by atoms with Crippen LogP contribution in [0, 0.1) is 0 Å². The summed E-state index contributed by atoms with van der Waals surface area (Å²) in [5.41, 5.74) is 17.1. The molecular formula is C54H39N. The standard InChI is InChI=1S/C54H39N/c1-54(44-18-6-3-7-19-44)50-23-11-10-21-49(50)53-48(22-13-24-51(53)54)43-32-36-46(37-33-43)55(52-25-12-17-42-16-8-9-20-47(42)52)45-34-30-41(31-35-45)40-28-26-39(27-29-40)38-14-4-2-5-15-38/h2-37H,1H3. The second kappa shape index (κ2) is 13.5. The van der Waals surface area contributed by atoms with Crippen LogP contribution in [0.15, 0.2) is 218 Å². The van der Waals surface area contributed by atoms with E-state index in [9.17, 15) is 0 Å². The number of hydrogen-bond acceptors (Lipinski definition) is 1. The van der Waals surface area contributed by atoms with E-state index in [2.05, 4.69) is 230 Å². The molecule has 1 aliphatic carbocycles. The molecule has 1 atom stereocenters. The zero-order chi connectivity index (χ0) is 36.8. The van der Waals surface area contributed by atoms with Gasteiger partial charge in [-0.3, -0.25) is 0 Å². The Morgan fingerprint density at radius 2 is 0.818 bits per heavy atom. The third-order valence-electron chi connectivity index (χ3n) is 11.6. The average molecular weight is 702 g/mol. The fourth-order valence-electron chi connectivity index (χ4n) is 8.77. The molecular weight excluding hydrogens is 663 g/mol. The van der Waals surface area contributed by atoms with Gasteiger partial charge in [0.25, 0.3) is 0 Å². The summed E-state index contributed by atoms with van der Waals surface area (Å²) in [6.07, 6.45) is 0. The molecule has 0 radical (unpaired) electrons. The van der Waals surface area contributed by atoms with E-state index < -0.39 is 0 Å². The number of anilines is 3. The zero-order valence-electron chi connectivity index (χ0n) is 30.7. The van der Waals surface area contributed by atoms with Crippen molar-refractivity contribution >= 4 is 27.8 Å². The van der Waals surface area contributed by atoms with Crippen molar-refractivity contribution in [2.45, 2.75) is 12.3 Å². The summed E-state index contributed by atoms with van der Waals surface area (Å²) >= 11 is 0. The Labute approximate surface area is 323 Å². The van der Waals surface area contributed by atoms with Crippen molar-refractivity contribution in [3.05, 3.63) is 235 Å². The van der Waals surface area contributed by atoms with Crippen LogP contribution in [0.25, 0.3) is 55.3 Å². The smallest absolute Gasteiger partial charge is 0.0540 e. The maximum Gasteiger partial charge on any atom is 0.0540 e. The summed E-state index contributed by atoms with van der Waals surface area (Å²) in [7, 11) is 0. The fourth-order valence-corrected chi connectivity index (χ4v) is 8.77. The van der Waals surface area contributed by atoms with Crippen LogP contribution in [-0.2, 0) is 5.41 Å². The van der Waals surface area contributed by atoms with Crippen molar-refractivity contribution in [2.75, 3.05) is 4.90 Å². The number of nitrogens with zero attached hydrogens (tertiary/aromatic N) is 1. The van der Waals surface area contributed by atoms with Crippen LogP contribution < -0.4 is 4.90 Å². The highest BCUT2D eigenvalue weighted by Crippen LogP contribution is 2.55. The lowest BCUT2D eigenvalue weighted by Gasteiger charge is -2.28. The van der Waals surface area contributed by atoms with E-state index in [-0.39, 0.29) is 5.41 Å². The second-order valence-corrected chi connectivity index (χ2v) is 14.6. The third kappa shape index (κ3) is 5.56. The van der Waals surface area contributed by atoms with Crippen LogP contribution in [0.1, 0.15) is 23.6 Å². The number of fused-ring (bicyclic) bond motifs is 4. The van der Waals surface area contributed by atoms with Gasteiger partial charge in [0.05, 0.1) is 5.69 Å². The van der Waals surface area contributed by atoms with Crippen LogP contribution in [0.4, 0.5) is 17.1 Å². The number of benzene rings is 9. The highest BCUT2D eigenvalue weighted by molar-refractivity contribution is 5.99. The fraction of sp³-hybridized carbons (Fsp3) is 0.0370. The van der Waals surface area contributed by atoms with E-state index in [1.54, 1.807) is 0 Å². The minimum atomic E-state index is -0.232. The van der Waals surface area contributed by atoms with Crippen molar-refractivity contribution in [1.29, 1.82) is 0 Å². The Kier molecular flexibility index (Phi) is 8.00. The van der Waals surface area contributed by atoms with Gasteiger partial charge < -0.3 is 4.90 Å². The number of rotatable bonds is 7. The molecule has 55 heavy (non-hydrogen) atoms. The summed E-state index contributed by atoms with van der Waals surface area (Å²) in [6, 6.07) is 79.6. The van der Waals surface area contributed by atoms with Crippen molar-refractivity contribution < 1.29 is 0 Å². The Morgan fingerprint density at radius 3 is 1.51 bits per heavy atom. The van der Waals surface area contributed by atoms with Crippen LogP contribution in [0.2, 0.25) is 0 Å². The lowest BCUT2D eigenvalue weighted by Crippen LogP contribution is -2.22. The third-order valence-corrected chi connectivity index (χ3v) is 11.6. The molecule has 0 N–H and O–H groups in total. The quantitative estimate of drug-likeness (QED) is 0.160. The van der Waals surface area contributed by atoms with Crippen molar-refractivity contribution in [3.8, 4) is 44.5 Å². The SMILES string of the molecule is CC1(c2ccccc2)c2ccccc2-c2c(-c3ccc(N(c4ccc(-c5ccc(-c6ccccc6)cc5)cc4)c4cccc5ccccc45)cc3)cccc21. The van der Waals surface area contributed by atoms with Gasteiger partial charge in [-0.2, -0.15) is 0 Å². The minimum absolute atomic E-state index is 0.232. The normalized spacial score (nSPS) is 14.3. The zero-order valence-corrected chi connectivity index (χ0v) is 30.7. The largest absolute Gasteiger partial charge is 0.310 e. The lowest BCUT2D eigenvalue weighted by molar-refractivity contribution is 0.714. The van der Waals surface area contributed by atoms with E-state index in [0.717, 1.165) is 17.1 Å². The van der Waals surface area contributed by atoms with Gasteiger partial charge >= 0.3 is 0 Å². The maximum atomic E-state index is 2.39. The highest BCUT2D eigenvalue weighted by Gasteiger charge is 2.41. The molecule has 0 bridgehead atoms. The molecule has 1 nitrogen and oxygen atoms in total. The van der Waals surface area contributed by atoms with Crippen molar-refractivity contribution in [2.24, 2.45) is 0 Å². The molecule has 10 rings (SSSR count). The summed E-state index contributed by atoms with van der Waals surface area (Å²) in [6.45, 7) is 2.38. The lowest BCUT2D eigenvalue weighted by atomic mass is 9.74. The Balaban J connectivity index is 1.05. The molecule has 260 valence electrons. The molecule has 0 heterocycles. The first-order chi connectivity index (χ1) is 27.2. The summed E-state index contributed by atoms with van der Waals surface area (Å²) in [4.78, 5) is 2.39. The topological polar surface area (TPSA) is 3.24 Å². The van der Waals surface area contributed by atoms with Gasteiger partial charge in [-0.05, 0) is 104 Å². The van der Waals surface area contributed by atoms with Gasteiger partial charge in [-0.25, -0.2) is 0 Å². The van der Waals surface area contributed by atoms with Gasteiger partial charge in [0.15, 0.2) is 0 Å². The van der Waals surface area contributed by atoms with Crippen LogP contribution in [0.3, 0.4) is 0 Å². The molecule has 0 saturated carbocycles. The molecule has 9 aromatic carbocycles. The van der Waals surface area contributed by atoms with E-state index in [4.69, 9.17) is 0 Å². The molecule has 1 aliphatic rings. The monoisotopic (exact) mass is 701 g/mol. The van der Waals surface area contributed by atoms with E-state index in [1.807, 2.05) is 0 Å².